The Labute approximate surface area is 90.7 Å². The van der Waals surface area contributed by atoms with Gasteiger partial charge in [0.2, 0.25) is 0 Å². The largest absolute Gasteiger partial charge is 0.351 e. The molecule has 0 bridgehead atoms. The molecule has 0 spiro atoms. The van der Waals surface area contributed by atoms with E-state index < -0.39 is 0 Å². The minimum absolute atomic E-state index is 0.585. The fraction of sp³-hybridized carbons (Fsp3) is 0.636. The minimum atomic E-state index is 0.585. The summed E-state index contributed by atoms with van der Waals surface area (Å²) < 4.78 is 0. The molecule has 82 valence electrons. The van der Waals surface area contributed by atoms with E-state index in [1.807, 2.05) is 12.1 Å². The molecule has 1 aromatic heterocycles. The molecule has 1 fully saturated rings. The van der Waals surface area contributed by atoms with E-state index >= 15 is 0 Å². The van der Waals surface area contributed by atoms with Crippen molar-refractivity contribution in [3.8, 4) is 0 Å². The van der Waals surface area contributed by atoms with Gasteiger partial charge in [0.05, 0.1) is 0 Å². The monoisotopic (exact) mass is 206 g/mol. The van der Waals surface area contributed by atoms with Crippen LogP contribution in [0.4, 0.5) is 5.82 Å². The maximum Gasteiger partial charge on any atom is 0.151 e. The van der Waals surface area contributed by atoms with E-state index in [1.54, 1.807) is 6.20 Å². The number of hydrogen-bond acceptors (Lipinski definition) is 4. The highest BCUT2D eigenvalue weighted by atomic mass is 15.3. The Morgan fingerprint density at radius 1 is 1.60 bits per heavy atom. The van der Waals surface area contributed by atoms with Crippen molar-refractivity contribution in [3.05, 3.63) is 18.3 Å². The van der Waals surface area contributed by atoms with Crippen LogP contribution < -0.4 is 10.2 Å². The average molecular weight is 206 g/mol. The van der Waals surface area contributed by atoms with Gasteiger partial charge in [-0.25, -0.2) is 0 Å². The predicted molar refractivity (Wildman–Crippen MR) is 60.9 cm³/mol. The summed E-state index contributed by atoms with van der Waals surface area (Å²) in [7, 11) is 0. The van der Waals surface area contributed by atoms with Crippen LogP contribution >= 0.6 is 0 Å². The minimum Gasteiger partial charge on any atom is -0.351 e. The summed E-state index contributed by atoms with van der Waals surface area (Å²) in [6.07, 6.45) is 4.23. The highest BCUT2D eigenvalue weighted by Crippen LogP contribution is 2.22. The first-order chi connectivity index (χ1) is 7.42. The molecule has 0 amide bonds. The van der Waals surface area contributed by atoms with Crippen molar-refractivity contribution < 1.29 is 0 Å². The Kier molecular flexibility index (Phi) is 3.50. The molecular weight excluding hydrogens is 188 g/mol. The van der Waals surface area contributed by atoms with Crippen LogP contribution in [0.15, 0.2) is 18.3 Å². The predicted octanol–water partition coefficient (Wildman–Crippen LogP) is 1.05. The molecule has 0 aromatic carbocycles. The van der Waals surface area contributed by atoms with Gasteiger partial charge in [0, 0.05) is 25.3 Å². The molecule has 0 radical (unpaired) electrons. The molecule has 2 rings (SSSR count). The summed E-state index contributed by atoms with van der Waals surface area (Å²) in [6.45, 7) is 5.33. The zero-order chi connectivity index (χ0) is 10.5. The number of aromatic nitrogens is 2. The van der Waals surface area contributed by atoms with Crippen molar-refractivity contribution in [2.45, 2.75) is 25.8 Å². The summed E-state index contributed by atoms with van der Waals surface area (Å²) in [5.41, 5.74) is 0. The fourth-order valence-electron chi connectivity index (χ4n) is 2.11. The van der Waals surface area contributed by atoms with Crippen molar-refractivity contribution in [3.63, 3.8) is 0 Å². The fourth-order valence-corrected chi connectivity index (χ4v) is 2.11. The molecule has 4 heteroatoms. The third-order valence-corrected chi connectivity index (χ3v) is 2.86. The molecule has 0 saturated carbocycles. The van der Waals surface area contributed by atoms with Crippen LogP contribution in [0.3, 0.4) is 0 Å². The van der Waals surface area contributed by atoms with Crippen molar-refractivity contribution in [2.24, 2.45) is 0 Å². The molecule has 2 heterocycles. The molecule has 0 aliphatic carbocycles. The highest BCUT2D eigenvalue weighted by Gasteiger charge is 2.24. The Morgan fingerprint density at radius 2 is 2.53 bits per heavy atom. The Hall–Kier alpha value is -1.16. The summed E-state index contributed by atoms with van der Waals surface area (Å²) in [6, 6.07) is 4.57. The van der Waals surface area contributed by atoms with E-state index in [1.165, 1.54) is 12.8 Å². The smallest absolute Gasteiger partial charge is 0.151 e. The van der Waals surface area contributed by atoms with E-state index in [0.717, 1.165) is 25.5 Å². The first-order valence-electron chi connectivity index (χ1n) is 5.67. The van der Waals surface area contributed by atoms with E-state index in [2.05, 4.69) is 27.3 Å². The first-order valence-corrected chi connectivity index (χ1v) is 5.67. The van der Waals surface area contributed by atoms with Crippen LogP contribution in [0, 0.1) is 0 Å². The van der Waals surface area contributed by atoms with Gasteiger partial charge in [-0.05, 0) is 31.5 Å². The number of nitrogens with one attached hydrogen (secondary N) is 1. The normalized spacial score (nSPS) is 20.9. The molecule has 1 atom stereocenters. The lowest BCUT2D eigenvalue weighted by molar-refractivity contribution is 0.583. The quantitative estimate of drug-likeness (QED) is 0.799. The van der Waals surface area contributed by atoms with E-state index in [0.29, 0.717) is 6.04 Å². The SMILES string of the molecule is CCNCC1CCCN1c1cccnn1. The van der Waals surface area contributed by atoms with Gasteiger partial charge >= 0.3 is 0 Å². The standard InChI is InChI=1S/C11H18N4/c1-2-12-9-10-5-4-8-15(10)11-6-3-7-13-14-11/h3,6-7,10,12H,2,4-5,8-9H2,1H3. The molecule has 15 heavy (non-hydrogen) atoms. The second-order valence-corrected chi connectivity index (χ2v) is 3.88. The molecule has 1 aromatic rings. The number of anilines is 1. The van der Waals surface area contributed by atoms with E-state index in [-0.39, 0.29) is 0 Å². The molecular formula is C11H18N4. The molecule has 4 nitrogen and oxygen atoms in total. The second-order valence-electron chi connectivity index (χ2n) is 3.88. The number of likely N-dealkylation sites (N-methyl/N-ethyl adjacent to an activating group) is 1. The van der Waals surface area contributed by atoms with Crippen LogP contribution in [-0.2, 0) is 0 Å². The van der Waals surface area contributed by atoms with Gasteiger partial charge in [-0.2, -0.15) is 5.10 Å². The van der Waals surface area contributed by atoms with E-state index in [9.17, 15) is 0 Å². The lowest BCUT2D eigenvalue weighted by Gasteiger charge is -2.25. The summed E-state index contributed by atoms with van der Waals surface area (Å²) in [4.78, 5) is 2.36. The number of nitrogens with zero attached hydrogens (tertiary/aromatic N) is 3. The topological polar surface area (TPSA) is 41.0 Å². The highest BCUT2D eigenvalue weighted by molar-refractivity contribution is 5.39. The zero-order valence-electron chi connectivity index (χ0n) is 9.19. The summed E-state index contributed by atoms with van der Waals surface area (Å²) >= 11 is 0. The van der Waals surface area contributed by atoms with Crippen molar-refractivity contribution >= 4 is 5.82 Å². The van der Waals surface area contributed by atoms with Crippen LogP contribution in [0.1, 0.15) is 19.8 Å². The Balaban J connectivity index is 2.01. The maximum absolute atomic E-state index is 4.17. The van der Waals surface area contributed by atoms with Crippen LogP contribution in [0.25, 0.3) is 0 Å². The Bertz CT molecular complexity index is 288. The van der Waals surface area contributed by atoms with Crippen LogP contribution in [0.5, 0.6) is 0 Å². The maximum atomic E-state index is 4.17. The third-order valence-electron chi connectivity index (χ3n) is 2.86. The van der Waals surface area contributed by atoms with Gasteiger partial charge < -0.3 is 10.2 Å². The van der Waals surface area contributed by atoms with Gasteiger partial charge in [0.1, 0.15) is 0 Å². The van der Waals surface area contributed by atoms with Gasteiger partial charge in [0.25, 0.3) is 0 Å². The lowest BCUT2D eigenvalue weighted by Crippen LogP contribution is -2.38. The summed E-state index contributed by atoms with van der Waals surface area (Å²) in [5, 5.41) is 11.5. The average Bonchev–Trinajstić information content (AvgIpc) is 2.75. The van der Waals surface area contributed by atoms with Crippen LogP contribution in [-0.4, -0.2) is 35.9 Å². The molecule has 1 unspecified atom stereocenters. The molecule has 1 aliphatic heterocycles. The summed E-state index contributed by atoms with van der Waals surface area (Å²) in [5.74, 6) is 1.01. The van der Waals surface area contributed by atoms with Crippen molar-refractivity contribution in [2.75, 3.05) is 24.5 Å². The molecule has 1 N–H and O–H groups in total. The van der Waals surface area contributed by atoms with Gasteiger partial charge in [-0.15, -0.1) is 5.10 Å². The van der Waals surface area contributed by atoms with Crippen LogP contribution in [0.2, 0.25) is 0 Å². The Morgan fingerprint density at radius 3 is 3.27 bits per heavy atom. The second kappa shape index (κ2) is 5.07. The van der Waals surface area contributed by atoms with Gasteiger partial charge in [0.15, 0.2) is 5.82 Å². The first kappa shape index (κ1) is 10.4. The number of hydrogen-bond donors (Lipinski definition) is 1. The van der Waals surface area contributed by atoms with Crippen molar-refractivity contribution in [1.82, 2.24) is 15.5 Å². The number of rotatable bonds is 4. The lowest BCUT2D eigenvalue weighted by atomic mass is 10.2. The third kappa shape index (κ3) is 2.45. The molecule has 1 saturated heterocycles. The van der Waals surface area contributed by atoms with Gasteiger partial charge in [-0.1, -0.05) is 6.92 Å². The zero-order valence-corrected chi connectivity index (χ0v) is 9.19. The molecule has 1 aliphatic rings. The van der Waals surface area contributed by atoms with Gasteiger partial charge in [-0.3, -0.25) is 0 Å². The van der Waals surface area contributed by atoms with Crippen molar-refractivity contribution in [1.29, 1.82) is 0 Å². The van der Waals surface area contributed by atoms with E-state index in [4.69, 9.17) is 0 Å².